The molecule has 1 aliphatic heterocycles. The molecule has 3 aromatic rings. The second-order valence-electron chi connectivity index (χ2n) is 9.53. The molecule has 2 atom stereocenters. The molecular weight excluding hydrogens is 590 g/mol. The van der Waals surface area contributed by atoms with Gasteiger partial charge in [0.1, 0.15) is 4.33 Å². The maximum atomic E-state index is 13.2. The van der Waals surface area contributed by atoms with Gasteiger partial charge in [-0.25, -0.2) is 0 Å². The lowest BCUT2D eigenvalue weighted by Gasteiger charge is -2.26. The number of aryl methyl sites for hydroxylation is 1. The van der Waals surface area contributed by atoms with Crippen molar-refractivity contribution < 1.29 is 14.4 Å². The number of carbonyl (C=O) groups excluding carboxylic acids is 3. The SMILES string of the molecule is CN1C(=O)CCc2cc(CC(=O)c3cc(NC(=O)C4C(c5cc(Cl)cc(Cl)c5)C4(Cl)Cl)ccc3Cl)ccc21. The van der Waals surface area contributed by atoms with Gasteiger partial charge in [-0.2, -0.15) is 0 Å². The molecule has 5 rings (SSSR count). The summed E-state index contributed by atoms with van der Waals surface area (Å²) in [6, 6.07) is 15.3. The first-order chi connectivity index (χ1) is 18.0. The average molecular weight is 611 g/mol. The van der Waals surface area contributed by atoms with Crippen LogP contribution in [-0.2, 0) is 22.4 Å². The third-order valence-corrected chi connectivity index (χ3v) is 8.67. The van der Waals surface area contributed by atoms with Crippen LogP contribution in [0.3, 0.4) is 0 Å². The van der Waals surface area contributed by atoms with Crippen molar-refractivity contribution in [2.24, 2.45) is 5.92 Å². The fourth-order valence-electron chi connectivity index (χ4n) is 4.96. The van der Waals surface area contributed by atoms with Crippen molar-refractivity contribution in [2.75, 3.05) is 17.3 Å². The predicted octanol–water partition coefficient (Wildman–Crippen LogP) is 7.51. The number of benzene rings is 3. The highest BCUT2D eigenvalue weighted by Crippen LogP contribution is 2.65. The second-order valence-corrected chi connectivity index (χ2v) is 12.3. The number of ketones is 1. The summed E-state index contributed by atoms with van der Waals surface area (Å²) in [5.74, 6) is -1.76. The van der Waals surface area contributed by atoms with Crippen LogP contribution < -0.4 is 10.2 Å². The molecule has 1 heterocycles. The van der Waals surface area contributed by atoms with E-state index in [1.165, 1.54) is 0 Å². The maximum Gasteiger partial charge on any atom is 0.231 e. The summed E-state index contributed by atoms with van der Waals surface area (Å²) >= 11 is 31.5. The Morgan fingerprint density at radius 3 is 2.39 bits per heavy atom. The van der Waals surface area contributed by atoms with Gasteiger partial charge in [0.05, 0.1) is 10.9 Å². The molecule has 0 bridgehead atoms. The number of hydrogen-bond donors (Lipinski definition) is 1. The lowest BCUT2D eigenvalue weighted by molar-refractivity contribution is -0.119. The van der Waals surface area contributed by atoms with Crippen molar-refractivity contribution in [1.82, 2.24) is 0 Å². The molecule has 2 amide bonds. The number of fused-ring (bicyclic) bond motifs is 1. The van der Waals surface area contributed by atoms with Crippen molar-refractivity contribution in [1.29, 1.82) is 0 Å². The van der Waals surface area contributed by atoms with Crippen LogP contribution in [0.1, 0.15) is 39.4 Å². The number of anilines is 2. The van der Waals surface area contributed by atoms with Crippen LogP contribution in [0.15, 0.2) is 54.6 Å². The van der Waals surface area contributed by atoms with Crippen LogP contribution >= 0.6 is 58.0 Å². The van der Waals surface area contributed by atoms with Crippen LogP contribution in [-0.4, -0.2) is 29.0 Å². The zero-order chi connectivity index (χ0) is 27.4. The molecule has 2 aliphatic rings. The molecule has 196 valence electrons. The summed E-state index contributed by atoms with van der Waals surface area (Å²) in [4.78, 5) is 39.9. The van der Waals surface area contributed by atoms with Gasteiger partial charge in [0.2, 0.25) is 11.8 Å². The molecule has 1 aliphatic carbocycles. The van der Waals surface area contributed by atoms with Crippen LogP contribution in [0, 0.1) is 5.92 Å². The van der Waals surface area contributed by atoms with E-state index in [2.05, 4.69) is 5.32 Å². The molecule has 1 fully saturated rings. The van der Waals surface area contributed by atoms with Gasteiger partial charge in [-0.05, 0) is 65.6 Å². The molecule has 5 nitrogen and oxygen atoms in total. The first-order valence-corrected chi connectivity index (χ1v) is 13.7. The van der Waals surface area contributed by atoms with E-state index in [0.29, 0.717) is 34.1 Å². The van der Waals surface area contributed by atoms with Crippen molar-refractivity contribution in [3.63, 3.8) is 0 Å². The molecule has 38 heavy (non-hydrogen) atoms. The molecule has 10 heteroatoms. The second kappa shape index (κ2) is 10.4. The first kappa shape index (κ1) is 27.3. The Labute approximate surface area is 244 Å². The molecule has 0 aromatic heterocycles. The van der Waals surface area contributed by atoms with E-state index >= 15 is 0 Å². The predicted molar refractivity (Wildman–Crippen MR) is 153 cm³/mol. The summed E-state index contributed by atoms with van der Waals surface area (Å²) in [6.07, 6.45) is 1.19. The number of hydrogen-bond acceptors (Lipinski definition) is 3. The van der Waals surface area contributed by atoms with Gasteiger partial charge in [0.25, 0.3) is 0 Å². The van der Waals surface area contributed by atoms with Crippen molar-refractivity contribution >= 4 is 87.0 Å². The highest BCUT2D eigenvalue weighted by molar-refractivity contribution is 6.53. The lowest BCUT2D eigenvalue weighted by atomic mass is 9.96. The van der Waals surface area contributed by atoms with Crippen LogP contribution in [0.25, 0.3) is 0 Å². The van der Waals surface area contributed by atoms with E-state index in [-0.39, 0.29) is 28.7 Å². The summed E-state index contributed by atoms with van der Waals surface area (Å²) in [5.41, 5.74) is 4.04. The van der Waals surface area contributed by atoms with E-state index in [1.54, 1.807) is 48.3 Å². The molecule has 0 radical (unpaired) electrons. The summed E-state index contributed by atoms with van der Waals surface area (Å²) in [6.45, 7) is 0. The fourth-order valence-corrected chi connectivity index (χ4v) is 6.55. The quantitative estimate of drug-likeness (QED) is 0.232. The van der Waals surface area contributed by atoms with Crippen molar-refractivity contribution in [3.05, 3.63) is 91.9 Å². The van der Waals surface area contributed by atoms with E-state index in [4.69, 9.17) is 58.0 Å². The summed E-state index contributed by atoms with van der Waals surface area (Å²) < 4.78 is -1.33. The monoisotopic (exact) mass is 608 g/mol. The zero-order valence-electron chi connectivity index (χ0n) is 20.0. The van der Waals surface area contributed by atoms with Gasteiger partial charge in [0.15, 0.2) is 5.78 Å². The van der Waals surface area contributed by atoms with E-state index in [0.717, 1.165) is 16.8 Å². The van der Waals surface area contributed by atoms with E-state index in [1.807, 2.05) is 18.2 Å². The summed E-state index contributed by atoms with van der Waals surface area (Å²) in [5, 5.41) is 3.92. The van der Waals surface area contributed by atoms with Gasteiger partial charge < -0.3 is 10.2 Å². The van der Waals surface area contributed by atoms with Crippen LogP contribution in [0.5, 0.6) is 0 Å². The number of amides is 2. The van der Waals surface area contributed by atoms with Crippen molar-refractivity contribution in [2.45, 2.75) is 29.5 Å². The number of nitrogens with zero attached hydrogens (tertiary/aromatic N) is 1. The Morgan fingerprint density at radius 1 is 0.974 bits per heavy atom. The van der Waals surface area contributed by atoms with Gasteiger partial charge in [-0.1, -0.05) is 46.9 Å². The highest BCUT2D eigenvalue weighted by Gasteiger charge is 2.67. The largest absolute Gasteiger partial charge is 0.326 e. The topological polar surface area (TPSA) is 66.5 Å². The van der Waals surface area contributed by atoms with Gasteiger partial charge in [0, 0.05) is 52.8 Å². The summed E-state index contributed by atoms with van der Waals surface area (Å²) in [7, 11) is 1.75. The van der Waals surface area contributed by atoms with Crippen LogP contribution in [0.4, 0.5) is 11.4 Å². The molecule has 2 unspecified atom stereocenters. The number of carbonyl (C=O) groups is 3. The van der Waals surface area contributed by atoms with E-state index < -0.39 is 22.1 Å². The number of rotatable bonds is 6. The van der Waals surface area contributed by atoms with Gasteiger partial charge >= 0.3 is 0 Å². The number of Topliss-reactive ketones (excluding diaryl/α,β-unsaturated/α-hetero) is 1. The van der Waals surface area contributed by atoms with Crippen LogP contribution in [0.2, 0.25) is 15.1 Å². The molecule has 3 aromatic carbocycles. The Morgan fingerprint density at radius 2 is 1.68 bits per heavy atom. The molecular formula is C28H21Cl5N2O3. The number of halogens is 5. The third-order valence-electron chi connectivity index (χ3n) is 6.97. The fraction of sp³-hybridized carbons (Fsp3) is 0.250. The Bertz CT molecular complexity index is 1470. The lowest BCUT2D eigenvalue weighted by Crippen LogP contribution is -2.31. The molecule has 1 N–H and O–H groups in total. The smallest absolute Gasteiger partial charge is 0.231 e. The molecule has 0 saturated heterocycles. The molecule has 0 spiro atoms. The van der Waals surface area contributed by atoms with Crippen molar-refractivity contribution in [3.8, 4) is 0 Å². The Kier molecular flexibility index (Phi) is 7.44. The minimum absolute atomic E-state index is 0.0708. The Hall–Kier alpha value is -2.28. The van der Waals surface area contributed by atoms with Gasteiger partial charge in [-0.15, -0.1) is 23.2 Å². The third kappa shape index (κ3) is 5.28. The first-order valence-electron chi connectivity index (χ1n) is 11.8. The standard InChI is InChI=1S/C28H21Cl5N2O3/c1-35-22-6-2-14(8-15(22)3-7-24(35)37)9-23(36)20-13-19(4-5-21(20)31)34-27(38)26-25(28(26,32)33)16-10-17(29)12-18(30)11-16/h2,4-6,8,10-13,25-26H,3,7,9H2,1H3,(H,34,38). The average Bonchev–Trinajstić information content (AvgIpc) is 3.44. The van der Waals surface area contributed by atoms with E-state index in [9.17, 15) is 14.4 Å². The van der Waals surface area contributed by atoms with Gasteiger partial charge in [-0.3, -0.25) is 14.4 Å². The molecule has 1 saturated carbocycles. The normalized spacial score (nSPS) is 19.6. The highest BCUT2D eigenvalue weighted by atomic mass is 35.5. The minimum atomic E-state index is -1.33. The zero-order valence-corrected chi connectivity index (χ0v) is 23.8. The number of alkyl halides is 2. The number of nitrogens with one attached hydrogen (secondary N) is 1. The Balaban J connectivity index is 1.31. The minimum Gasteiger partial charge on any atom is -0.326 e. The maximum absolute atomic E-state index is 13.2.